The van der Waals surface area contributed by atoms with Crippen LogP contribution in [0.4, 0.5) is 5.69 Å². The SMILES string of the molecule is CNC(CN1CCCc2ccccc21)c1ccccc1. The molecule has 20 heavy (non-hydrogen) atoms. The molecule has 104 valence electrons. The van der Waals surface area contributed by atoms with E-state index in [9.17, 15) is 0 Å². The number of nitrogens with one attached hydrogen (secondary N) is 1. The molecule has 2 aromatic rings. The Morgan fingerprint density at radius 3 is 2.60 bits per heavy atom. The Kier molecular flexibility index (Phi) is 4.03. The van der Waals surface area contributed by atoms with E-state index in [2.05, 4.69) is 64.8 Å². The van der Waals surface area contributed by atoms with Gasteiger partial charge in [0.1, 0.15) is 0 Å². The Morgan fingerprint density at radius 2 is 1.80 bits per heavy atom. The minimum Gasteiger partial charge on any atom is -0.369 e. The number of para-hydroxylation sites is 1. The minimum absolute atomic E-state index is 0.377. The van der Waals surface area contributed by atoms with Gasteiger partial charge >= 0.3 is 0 Å². The Labute approximate surface area is 121 Å². The lowest BCUT2D eigenvalue weighted by Crippen LogP contribution is -2.37. The molecule has 0 radical (unpaired) electrons. The molecule has 1 N–H and O–H groups in total. The number of hydrogen-bond acceptors (Lipinski definition) is 2. The van der Waals surface area contributed by atoms with E-state index < -0.39 is 0 Å². The maximum Gasteiger partial charge on any atom is 0.0495 e. The van der Waals surface area contributed by atoms with Crippen molar-refractivity contribution in [1.29, 1.82) is 0 Å². The molecule has 0 aliphatic carbocycles. The maximum atomic E-state index is 3.45. The molecule has 0 aromatic heterocycles. The number of hydrogen-bond donors (Lipinski definition) is 1. The second-order valence-electron chi connectivity index (χ2n) is 5.43. The molecule has 3 rings (SSSR count). The number of benzene rings is 2. The Balaban J connectivity index is 1.81. The molecule has 1 heterocycles. The molecule has 0 bridgehead atoms. The predicted molar refractivity (Wildman–Crippen MR) is 85.2 cm³/mol. The first-order valence-electron chi connectivity index (χ1n) is 7.43. The molecule has 2 nitrogen and oxygen atoms in total. The highest BCUT2D eigenvalue weighted by molar-refractivity contribution is 5.55. The van der Waals surface area contributed by atoms with Crippen molar-refractivity contribution >= 4 is 5.69 Å². The zero-order valence-corrected chi connectivity index (χ0v) is 12.0. The van der Waals surface area contributed by atoms with Gasteiger partial charge in [0.15, 0.2) is 0 Å². The van der Waals surface area contributed by atoms with Crippen molar-refractivity contribution in [2.24, 2.45) is 0 Å². The van der Waals surface area contributed by atoms with Crippen molar-refractivity contribution in [3.05, 3.63) is 65.7 Å². The predicted octanol–water partition coefficient (Wildman–Crippen LogP) is 3.40. The van der Waals surface area contributed by atoms with Crippen LogP contribution in [0.15, 0.2) is 54.6 Å². The van der Waals surface area contributed by atoms with Crippen LogP contribution in [0.25, 0.3) is 0 Å². The number of anilines is 1. The molecule has 1 unspecified atom stereocenters. The Morgan fingerprint density at radius 1 is 1.05 bits per heavy atom. The molecule has 0 saturated carbocycles. The van der Waals surface area contributed by atoms with Gasteiger partial charge in [-0.25, -0.2) is 0 Å². The number of likely N-dealkylation sites (N-methyl/N-ethyl adjacent to an activating group) is 1. The zero-order chi connectivity index (χ0) is 13.8. The average molecular weight is 266 g/mol. The Bertz CT molecular complexity index is 550. The van der Waals surface area contributed by atoms with E-state index >= 15 is 0 Å². The standard InChI is InChI=1S/C18H22N2/c1-19-17(15-8-3-2-4-9-15)14-20-13-7-11-16-10-5-6-12-18(16)20/h2-6,8-10,12,17,19H,7,11,13-14H2,1H3. The fourth-order valence-corrected chi connectivity index (χ4v) is 3.07. The van der Waals surface area contributed by atoms with Crippen LogP contribution >= 0.6 is 0 Å². The molecule has 0 fully saturated rings. The van der Waals surface area contributed by atoms with E-state index in [4.69, 9.17) is 0 Å². The van der Waals surface area contributed by atoms with Gasteiger partial charge in [0.05, 0.1) is 0 Å². The van der Waals surface area contributed by atoms with E-state index in [1.807, 2.05) is 7.05 Å². The highest BCUT2D eigenvalue weighted by Gasteiger charge is 2.19. The zero-order valence-electron chi connectivity index (χ0n) is 12.0. The first-order chi connectivity index (χ1) is 9.88. The van der Waals surface area contributed by atoms with Crippen LogP contribution in [0.2, 0.25) is 0 Å². The first kappa shape index (κ1) is 13.2. The van der Waals surface area contributed by atoms with Crippen molar-refractivity contribution in [3.8, 4) is 0 Å². The van der Waals surface area contributed by atoms with Gasteiger partial charge in [-0.3, -0.25) is 0 Å². The summed E-state index contributed by atoms with van der Waals surface area (Å²) in [4.78, 5) is 2.52. The topological polar surface area (TPSA) is 15.3 Å². The van der Waals surface area contributed by atoms with Gasteiger partial charge in [0.2, 0.25) is 0 Å². The summed E-state index contributed by atoms with van der Waals surface area (Å²) in [7, 11) is 2.05. The van der Waals surface area contributed by atoms with Crippen LogP contribution in [0, 0.1) is 0 Å². The second kappa shape index (κ2) is 6.10. The molecule has 1 aliphatic rings. The number of rotatable bonds is 4. The summed E-state index contributed by atoms with van der Waals surface area (Å²) in [6.07, 6.45) is 2.46. The average Bonchev–Trinajstić information content (AvgIpc) is 2.53. The summed E-state index contributed by atoms with van der Waals surface area (Å²) in [5.41, 5.74) is 4.26. The molecule has 2 aromatic carbocycles. The number of fused-ring (bicyclic) bond motifs is 1. The highest BCUT2D eigenvalue weighted by atomic mass is 15.2. The van der Waals surface area contributed by atoms with Gasteiger partial charge < -0.3 is 10.2 Å². The molecule has 0 saturated heterocycles. The monoisotopic (exact) mass is 266 g/mol. The van der Waals surface area contributed by atoms with Gasteiger partial charge in [0, 0.05) is 24.8 Å². The summed E-state index contributed by atoms with van der Waals surface area (Å²) >= 11 is 0. The van der Waals surface area contributed by atoms with Crippen molar-refractivity contribution in [3.63, 3.8) is 0 Å². The Hall–Kier alpha value is -1.80. The van der Waals surface area contributed by atoms with Gasteiger partial charge in [0.25, 0.3) is 0 Å². The molecular weight excluding hydrogens is 244 g/mol. The van der Waals surface area contributed by atoms with Crippen molar-refractivity contribution in [2.75, 3.05) is 25.0 Å². The summed E-state index contributed by atoms with van der Waals surface area (Å²) in [6, 6.07) is 19.9. The quantitative estimate of drug-likeness (QED) is 0.912. The number of aryl methyl sites for hydroxylation is 1. The van der Waals surface area contributed by atoms with Crippen LogP contribution in [-0.2, 0) is 6.42 Å². The highest BCUT2D eigenvalue weighted by Crippen LogP contribution is 2.28. The third-order valence-electron chi connectivity index (χ3n) is 4.16. The molecule has 2 heteroatoms. The second-order valence-corrected chi connectivity index (χ2v) is 5.43. The van der Waals surface area contributed by atoms with Gasteiger partial charge in [-0.1, -0.05) is 48.5 Å². The molecular formula is C18H22N2. The van der Waals surface area contributed by atoms with Gasteiger partial charge in [-0.15, -0.1) is 0 Å². The lowest BCUT2D eigenvalue weighted by atomic mass is 10.00. The molecule has 0 amide bonds. The lowest BCUT2D eigenvalue weighted by molar-refractivity contribution is 0.556. The first-order valence-corrected chi connectivity index (χ1v) is 7.43. The van der Waals surface area contributed by atoms with Crippen LogP contribution in [-0.4, -0.2) is 20.1 Å². The maximum absolute atomic E-state index is 3.45. The van der Waals surface area contributed by atoms with Crippen LogP contribution in [0.3, 0.4) is 0 Å². The van der Waals surface area contributed by atoms with Crippen molar-refractivity contribution in [1.82, 2.24) is 5.32 Å². The third-order valence-corrected chi connectivity index (χ3v) is 4.16. The van der Waals surface area contributed by atoms with E-state index in [-0.39, 0.29) is 0 Å². The van der Waals surface area contributed by atoms with Crippen molar-refractivity contribution < 1.29 is 0 Å². The fourth-order valence-electron chi connectivity index (χ4n) is 3.07. The van der Waals surface area contributed by atoms with Crippen LogP contribution < -0.4 is 10.2 Å². The molecule has 1 aliphatic heterocycles. The van der Waals surface area contributed by atoms with E-state index in [0.717, 1.165) is 13.1 Å². The molecule has 0 spiro atoms. The summed E-state index contributed by atoms with van der Waals surface area (Å²) in [6.45, 7) is 2.18. The van der Waals surface area contributed by atoms with Crippen LogP contribution in [0.1, 0.15) is 23.6 Å². The summed E-state index contributed by atoms with van der Waals surface area (Å²) < 4.78 is 0. The van der Waals surface area contributed by atoms with Crippen LogP contribution in [0.5, 0.6) is 0 Å². The van der Waals surface area contributed by atoms with E-state index in [0.29, 0.717) is 6.04 Å². The van der Waals surface area contributed by atoms with E-state index in [1.165, 1.54) is 29.7 Å². The fraction of sp³-hybridized carbons (Fsp3) is 0.333. The normalized spacial score (nSPS) is 15.8. The lowest BCUT2D eigenvalue weighted by Gasteiger charge is -2.34. The van der Waals surface area contributed by atoms with Crippen molar-refractivity contribution in [2.45, 2.75) is 18.9 Å². The van der Waals surface area contributed by atoms with Gasteiger partial charge in [-0.2, -0.15) is 0 Å². The van der Waals surface area contributed by atoms with Gasteiger partial charge in [-0.05, 0) is 37.1 Å². The summed E-state index contributed by atoms with van der Waals surface area (Å²) in [5.74, 6) is 0. The third kappa shape index (κ3) is 2.70. The summed E-state index contributed by atoms with van der Waals surface area (Å²) in [5, 5.41) is 3.45. The smallest absolute Gasteiger partial charge is 0.0495 e. The van der Waals surface area contributed by atoms with E-state index in [1.54, 1.807) is 0 Å². The molecule has 1 atom stereocenters. The number of nitrogens with zero attached hydrogens (tertiary/aromatic N) is 1. The largest absolute Gasteiger partial charge is 0.369 e. The minimum atomic E-state index is 0.377.